The minimum absolute atomic E-state index is 0.218. The molecule has 0 saturated heterocycles. The first kappa shape index (κ1) is 17.0. The summed E-state index contributed by atoms with van der Waals surface area (Å²) in [6.45, 7) is 4.00. The summed E-state index contributed by atoms with van der Waals surface area (Å²) in [5.41, 5.74) is 4.06. The third-order valence-corrected chi connectivity index (χ3v) is 3.72. The van der Waals surface area contributed by atoms with E-state index in [0.717, 1.165) is 17.7 Å². The maximum absolute atomic E-state index is 13.3. The quantitative estimate of drug-likeness (QED) is 0.790. The van der Waals surface area contributed by atoms with Gasteiger partial charge in [-0.05, 0) is 54.3 Å². The normalized spacial score (nSPS) is 10.4. The monoisotopic (exact) mass is 316 g/mol. The highest BCUT2D eigenvalue weighted by Crippen LogP contribution is 2.16. The molecule has 0 spiro atoms. The number of hydrogen-bond acceptors (Lipinski definition) is 2. The van der Waals surface area contributed by atoms with Gasteiger partial charge in [0.25, 0.3) is 0 Å². The third kappa shape index (κ3) is 4.53. The summed E-state index contributed by atoms with van der Waals surface area (Å²) < 4.78 is 13.3. The Morgan fingerprint density at radius 1 is 1.17 bits per heavy atom. The molecule has 3 N–H and O–H groups in total. The third-order valence-electron chi connectivity index (χ3n) is 3.72. The number of hydrogen-bond donors (Lipinski definition) is 3. The number of halogens is 1. The van der Waals surface area contributed by atoms with E-state index in [1.807, 2.05) is 25.1 Å². The minimum Gasteiger partial charge on any atom is -0.392 e. The lowest BCUT2D eigenvalue weighted by atomic mass is 10.1. The fraction of sp³-hybridized carbons (Fsp3) is 0.278. The molecule has 2 aromatic carbocycles. The molecule has 0 unspecified atom stereocenters. The zero-order valence-corrected chi connectivity index (χ0v) is 13.3. The zero-order valence-electron chi connectivity index (χ0n) is 13.3. The number of carbonyl (C=O) groups is 1. The number of benzene rings is 2. The standard InChI is InChI=1S/C18H21FN2O2/c1-3-14-9-16(6-4-12(14)2)21-18(23)20-10-13-5-7-17(19)15(8-13)11-22/h4-9,22H,3,10-11H2,1-2H3,(H2,20,21,23). The number of urea groups is 1. The summed E-state index contributed by atoms with van der Waals surface area (Å²) in [5.74, 6) is -0.451. The van der Waals surface area contributed by atoms with Gasteiger partial charge in [-0.2, -0.15) is 0 Å². The maximum Gasteiger partial charge on any atom is 0.319 e. The van der Waals surface area contributed by atoms with Crippen LogP contribution in [0.5, 0.6) is 0 Å². The highest BCUT2D eigenvalue weighted by Gasteiger charge is 2.06. The molecule has 122 valence electrons. The lowest BCUT2D eigenvalue weighted by Crippen LogP contribution is -2.28. The molecule has 2 aromatic rings. The zero-order chi connectivity index (χ0) is 16.8. The van der Waals surface area contributed by atoms with Crippen molar-refractivity contribution in [2.24, 2.45) is 0 Å². The van der Waals surface area contributed by atoms with E-state index >= 15 is 0 Å². The van der Waals surface area contributed by atoms with Gasteiger partial charge in [-0.1, -0.05) is 19.1 Å². The van der Waals surface area contributed by atoms with Gasteiger partial charge in [0.05, 0.1) is 6.61 Å². The van der Waals surface area contributed by atoms with Crippen LogP contribution in [0.25, 0.3) is 0 Å². The number of aliphatic hydroxyl groups is 1. The molecule has 0 atom stereocenters. The van der Waals surface area contributed by atoms with E-state index in [0.29, 0.717) is 0 Å². The Bertz CT molecular complexity index is 701. The minimum atomic E-state index is -0.451. The van der Waals surface area contributed by atoms with E-state index in [9.17, 15) is 9.18 Å². The van der Waals surface area contributed by atoms with Crippen LogP contribution in [0.2, 0.25) is 0 Å². The smallest absolute Gasteiger partial charge is 0.319 e. The number of anilines is 1. The fourth-order valence-corrected chi connectivity index (χ4v) is 2.35. The van der Waals surface area contributed by atoms with Crippen LogP contribution in [0.3, 0.4) is 0 Å². The van der Waals surface area contributed by atoms with Crippen molar-refractivity contribution in [2.45, 2.75) is 33.4 Å². The first-order valence-electron chi connectivity index (χ1n) is 7.56. The predicted octanol–water partition coefficient (Wildman–Crippen LogP) is 3.51. The molecule has 0 heterocycles. The van der Waals surface area contributed by atoms with E-state index < -0.39 is 5.82 Å². The van der Waals surface area contributed by atoms with Crippen molar-refractivity contribution in [3.63, 3.8) is 0 Å². The van der Waals surface area contributed by atoms with E-state index in [1.165, 1.54) is 23.3 Å². The second-order valence-electron chi connectivity index (χ2n) is 5.39. The largest absolute Gasteiger partial charge is 0.392 e. The van der Waals surface area contributed by atoms with E-state index in [2.05, 4.69) is 17.6 Å². The molecule has 0 aliphatic carbocycles. The fourth-order valence-electron chi connectivity index (χ4n) is 2.35. The van der Waals surface area contributed by atoms with Gasteiger partial charge in [0.1, 0.15) is 5.82 Å². The molecule has 0 aromatic heterocycles. The summed E-state index contributed by atoms with van der Waals surface area (Å²) in [5, 5.41) is 14.5. The highest BCUT2D eigenvalue weighted by molar-refractivity contribution is 5.89. The second kappa shape index (κ2) is 7.74. The van der Waals surface area contributed by atoms with Crippen LogP contribution in [-0.4, -0.2) is 11.1 Å². The predicted molar refractivity (Wildman–Crippen MR) is 88.7 cm³/mol. The van der Waals surface area contributed by atoms with Crippen molar-refractivity contribution < 1.29 is 14.3 Å². The van der Waals surface area contributed by atoms with Crippen molar-refractivity contribution in [2.75, 3.05) is 5.32 Å². The van der Waals surface area contributed by atoms with Gasteiger partial charge >= 0.3 is 6.03 Å². The van der Waals surface area contributed by atoms with E-state index in [4.69, 9.17) is 5.11 Å². The van der Waals surface area contributed by atoms with Crippen LogP contribution in [0.1, 0.15) is 29.2 Å². The van der Waals surface area contributed by atoms with E-state index in [-0.39, 0.29) is 24.7 Å². The van der Waals surface area contributed by atoms with Gasteiger partial charge in [0, 0.05) is 17.8 Å². The van der Waals surface area contributed by atoms with Gasteiger partial charge in [0.15, 0.2) is 0 Å². The van der Waals surface area contributed by atoms with Crippen molar-refractivity contribution in [1.82, 2.24) is 5.32 Å². The Hall–Kier alpha value is -2.40. The van der Waals surface area contributed by atoms with Crippen LogP contribution < -0.4 is 10.6 Å². The average molecular weight is 316 g/mol. The van der Waals surface area contributed by atoms with Crippen molar-refractivity contribution >= 4 is 11.7 Å². The molecular formula is C18H21FN2O2. The summed E-state index contributed by atoms with van der Waals surface area (Å²) >= 11 is 0. The Balaban J connectivity index is 1.95. The molecule has 0 radical (unpaired) electrons. The molecule has 0 aliphatic rings. The van der Waals surface area contributed by atoms with Crippen LogP contribution in [0, 0.1) is 12.7 Å². The lowest BCUT2D eigenvalue weighted by Gasteiger charge is -2.11. The molecule has 0 saturated carbocycles. The van der Waals surface area contributed by atoms with Gasteiger partial charge in [-0.3, -0.25) is 0 Å². The molecule has 0 bridgehead atoms. The molecule has 4 nitrogen and oxygen atoms in total. The molecule has 2 rings (SSSR count). The molecule has 0 fully saturated rings. The number of amides is 2. The lowest BCUT2D eigenvalue weighted by molar-refractivity contribution is 0.251. The molecule has 2 amide bonds. The first-order valence-corrected chi connectivity index (χ1v) is 7.56. The highest BCUT2D eigenvalue weighted by atomic mass is 19.1. The molecular weight excluding hydrogens is 295 g/mol. The average Bonchev–Trinajstić information content (AvgIpc) is 2.55. The second-order valence-corrected chi connectivity index (χ2v) is 5.39. The molecule has 5 heteroatoms. The summed E-state index contributed by atoms with van der Waals surface area (Å²) in [6, 6.07) is 9.86. The molecule has 0 aliphatic heterocycles. The van der Waals surface area contributed by atoms with E-state index in [1.54, 1.807) is 6.07 Å². The SMILES string of the molecule is CCc1cc(NC(=O)NCc2ccc(F)c(CO)c2)ccc1C. The Morgan fingerprint density at radius 3 is 2.65 bits per heavy atom. The van der Waals surface area contributed by atoms with Crippen molar-refractivity contribution in [3.8, 4) is 0 Å². The van der Waals surface area contributed by atoms with Crippen LogP contribution >= 0.6 is 0 Å². The topological polar surface area (TPSA) is 61.4 Å². The van der Waals surface area contributed by atoms with Gasteiger partial charge < -0.3 is 15.7 Å². The Kier molecular flexibility index (Phi) is 5.71. The van der Waals surface area contributed by atoms with Crippen LogP contribution in [0.15, 0.2) is 36.4 Å². The number of carbonyl (C=O) groups excluding carboxylic acids is 1. The Morgan fingerprint density at radius 2 is 1.96 bits per heavy atom. The van der Waals surface area contributed by atoms with Crippen molar-refractivity contribution in [1.29, 1.82) is 0 Å². The first-order chi connectivity index (χ1) is 11.0. The maximum atomic E-state index is 13.3. The Labute approximate surface area is 135 Å². The van der Waals surface area contributed by atoms with Gasteiger partial charge in [-0.25, -0.2) is 9.18 Å². The number of rotatable bonds is 5. The van der Waals surface area contributed by atoms with Gasteiger partial charge in [0.2, 0.25) is 0 Å². The van der Waals surface area contributed by atoms with Gasteiger partial charge in [-0.15, -0.1) is 0 Å². The van der Waals surface area contributed by atoms with Crippen LogP contribution in [0.4, 0.5) is 14.9 Å². The summed E-state index contributed by atoms with van der Waals surface area (Å²) in [7, 11) is 0. The summed E-state index contributed by atoms with van der Waals surface area (Å²) in [6.07, 6.45) is 0.905. The summed E-state index contributed by atoms with van der Waals surface area (Å²) in [4.78, 5) is 11.9. The van der Waals surface area contributed by atoms with Crippen molar-refractivity contribution in [3.05, 3.63) is 64.5 Å². The van der Waals surface area contributed by atoms with Crippen LogP contribution in [-0.2, 0) is 19.6 Å². The number of aliphatic hydroxyl groups excluding tert-OH is 1. The molecule has 23 heavy (non-hydrogen) atoms. The number of aryl methyl sites for hydroxylation is 2. The number of nitrogens with one attached hydrogen (secondary N) is 2.